The number of carbonyl (C=O) groups is 2. The van der Waals surface area contributed by atoms with Gasteiger partial charge < -0.3 is 9.84 Å². The minimum Gasteiger partial charge on any atom is -0.481 e. The summed E-state index contributed by atoms with van der Waals surface area (Å²) in [5, 5.41) is 16.0. The molecule has 154 valence electrons. The second-order valence-electron chi connectivity index (χ2n) is 6.53. The van der Waals surface area contributed by atoms with Gasteiger partial charge in [0.2, 0.25) is 0 Å². The van der Waals surface area contributed by atoms with Crippen LogP contribution in [0.1, 0.15) is 18.1 Å². The van der Waals surface area contributed by atoms with Gasteiger partial charge in [0.1, 0.15) is 0 Å². The Morgan fingerprint density at radius 2 is 1.83 bits per heavy atom. The lowest BCUT2D eigenvalue weighted by molar-refractivity contribution is -0.136. The summed E-state index contributed by atoms with van der Waals surface area (Å²) in [6.07, 6.45) is -0.638. The number of benzene rings is 2. The summed E-state index contributed by atoms with van der Waals surface area (Å²) in [5.74, 6) is -0.915. The first-order valence-electron chi connectivity index (χ1n) is 9.36. The molecule has 0 atom stereocenters. The Labute approximate surface area is 172 Å². The lowest BCUT2D eigenvalue weighted by Crippen LogP contribution is -2.23. The fourth-order valence-corrected chi connectivity index (χ4v) is 2.94. The number of hydrogen-bond acceptors (Lipinski definition) is 5. The molecule has 30 heavy (non-hydrogen) atoms. The number of carbonyl (C=O) groups excluding carboxylic acids is 1. The number of amides is 1. The topological polar surface area (TPSA) is 111 Å². The van der Waals surface area contributed by atoms with Crippen LogP contribution in [0.2, 0.25) is 0 Å². The van der Waals surface area contributed by atoms with Crippen molar-refractivity contribution in [2.45, 2.75) is 19.9 Å². The first-order valence-corrected chi connectivity index (χ1v) is 9.36. The Morgan fingerprint density at radius 1 is 1.07 bits per heavy atom. The highest BCUT2D eigenvalue weighted by atomic mass is 16.5. The fraction of sp³-hybridized carbons (Fsp3) is 0.182. The minimum atomic E-state index is -0.915. The van der Waals surface area contributed by atoms with Crippen LogP contribution < -0.4 is 10.9 Å². The van der Waals surface area contributed by atoms with E-state index in [0.29, 0.717) is 16.9 Å². The van der Waals surface area contributed by atoms with Gasteiger partial charge in [0.15, 0.2) is 0 Å². The summed E-state index contributed by atoms with van der Waals surface area (Å²) < 4.78 is 6.19. The number of ether oxygens (including phenoxy) is 1. The molecular formula is C22H21N3O5. The summed E-state index contributed by atoms with van der Waals surface area (Å²) in [6.45, 7) is 2.20. The average molecular weight is 407 g/mol. The number of rotatable bonds is 7. The van der Waals surface area contributed by atoms with Crippen LogP contribution in [0, 0.1) is 0 Å². The smallest absolute Gasteiger partial charge is 0.411 e. The van der Waals surface area contributed by atoms with Crippen molar-refractivity contribution in [3.8, 4) is 11.3 Å². The zero-order valence-electron chi connectivity index (χ0n) is 16.4. The maximum Gasteiger partial charge on any atom is 0.411 e. The van der Waals surface area contributed by atoms with Gasteiger partial charge in [0, 0.05) is 17.3 Å². The standard InChI is InChI=1S/C22H21N3O5/c1-2-30-22(29)23-18-8-4-6-16(12-18)14-25-20(26)10-9-19(24-25)17-7-3-5-15(11-17)13-21(27)28/h3-12H,2,13-14H2,1H3,(H,23,29)(H,27,28). The molecule has 0 aliphatic heterocycles. The number of aliphatic carboxylic acids is 1. The van der Waals surface area contributed by atoms with Gasteiger partial charge in [-0.3, -0.25) is 14.9 Å². The summed E-state index contributed by atoms with van der Waals surface area (Å²) in [6, 6.07) is 17.1. The van der Waals surface area contributed by atoms with E-state index in [2.05, 4.69) is 10.4 Å². The van der Waals surface area contributed by atoms with Crippen LogP contribution in [0.4, 0.5) is 10.5 Å². The highest BCUT2D eigenvalue weighted by Gasteiger charge is 2.08. The molecule has 0 aliphatic carbocycles. The Hall–Kier alpha value is -3.94. The van der Waals surface area contributed by atoms with Crippen molar-refractivity contribution in [2.24, 2.45) is 0 Å². The first-order chi connectivity index (χ1) is 14.4. The van der Waals surface area contributed by atoms with E-state index >= 15 is 0 Å². The number of carboxylic acids is 1. The number of aromatic nitrogens is 2. The van der Waals surface area contributed by atoms with E-state index in [4.69, 9.17) is 9.84 Å². The van der Waals surface area contributed by atoms with E-state index in [9.17, 15) is 14.4 Å². The normalized spacial score (nSPS) is 10.4. The van der Waals surface area contributed by atoms with Crippen molar-refractivity contribution >= 4 is 17.7 Å². The zero-order valence-corrected chi connectivity index (χ0v) is 16.4. The van der Waals surface area contributed by atoms with Crippen molar-refractivity contribution in [2.75, 3.05) is 11.9 Å². The molecule has 1 aromatic heterocycles. The zero-order chi connectivity index (χ0) is 21.5. The molecule has 1 heterocycles. The molecule has 0 fully saturated rings. The van der Waals surface area contributed by atoms with Gasteiger partial charge in [0.25, 0.3) is 5.56 Å². The third-order valence-corrected chi connectivity index (χ3v) is 4.23. The van der Waals surface area contributed by atoms with Crippen molar-refractivity contribution in [3.63, 3.8) is 0 Å². The molecule has 0 spiro atoms. The van der Waals surface area contributed by atoms with E-state index in [1.807, 2.05) is 12.1 Å². The van der Waals surface area contributed by atoms with Crippen LogP contribution in [-0.2, 0) is 22.5 Å². The van der Waals surface area contributed by atoms with Crippen LogP contribution in [0.25, 0.3) is 11.3 Å². The molecule has 0 saturated carbocycles. The van der Waals surface area contributed by atoms with Gasteiger partial charge in [-0.2, -0.15) is 5.10 Å². The van der Waals surface area contributed by atoms with Gasteiger partial charge in [-0.1, -0.05) is 30.3 Å². The van der Waals surface area contributed by atoms with Gasteiger partial charge in [0.05, 0.1) is 25.3 Å². The van der Waals surface area contributed by atoms with Gasteiger partial charge in [-0.25, -0.2) is 9.48 Å². The largest absolute Gasteiger partial charge is 0.481 e. The van der Waals surface area contributed by atoms with Gasteiger partial charge >= 0.3 is 12.1 Å². The predicted molar refractivity (Wildman–Crippen MR) is 111 cm³/mol. The number of carboxylic acid groups (broad SMARTS) is 1. The number of hydrogen-bond donors (Lipinski definition) is 2. The Kier molecular flexibility index (Phi) is 6.59. The van der Waals surface area contributed by atoms with E-state index in [1.165, 1.54) is 10.7 Å². The SMILES string of the molecule is CCOC(=O)Nc1cccc(Cn2nc(-c3cccc(CC(=O)O)c3)ccc2=O)c1. The Bertz CT molecular complexity index is 1120. The molecule has 3 rings (SSSR count). The molecule has 8 nitrogen and oxygen atoms in total. The predicted octanol–water partition coefficient (Wildman–Crippen LogP) is 3.15. The van der Waals surface area contributed by atoms with E-state index < -0.39 is 12.1 Å². The van der Waals surface area contributed by atoms with Crippen molar-refractivity contribution in [3.05, 3.63) is 82.1 Å². The van der Waals surface area contributed by atoms with Crippen LogP contribution >= 0.6 is 0 Å². The molecule has 2 aromatic carbocycles. The molecule has 8 heteroatoms. The van der Waals surface area contributed by atoms with Crippen LogP contribution in [0.15, 0.2) is 65.5 Å². The number of nitrogens with one attached hydrogen (secondary N) is 1. The molecule has 0 radical (unpaired) electrons. The van der Waals surface area contributed by atoms with Gasteiger partial charge in [-0.15, -0.1) is 0 Å². The maximum absolute atomic E-state index is 12.3. The van der Waals surface area contributed by atoms with Crippen LogP contribution in [0.5, 0.6) is 0 Å². The molecule has 1 amide bonds. The third kappa shape index (κ3) is 5.54. The number of anilines is 1. The Balaban J connectivity index is 1.84. The summed E-state index contributed by atoms with van der Waals surface area (Å²) >= 11 is 0. The quantitative estimate of drug-likeness (QED) is 0.622. The summed E-state index contributed by atoms with van der Waals surface area (Å²) in [7, 11) is 0. The molecule has 0 bridgehead atoms. The second-order valence-corrected chi connectivity index (χ2v) is 6.53. The van der Waals surface area contributed by atoms with Crippen molar-refractivity contribution < 1.29 is 19.4 Å². The summed E-state index contributed by atoms with van der Waals surface area (Å²) in [5.41, 5.74) is 2.98. The number of nitrogens with zero attached hydrogens (tertiary/aromatic N) is 2. The molecule has 3 aromatic rings. The third-order valence-electron chi connectivity index (χ3n) is 4.23. The lowest BCUT2D eigenvalue weighted by Gasteiger charge is -2.10. The van der Waals surface area contributed by atoms with Crippen LogP contribution in [0.3, 0.4) is 0 Å². The average Bonchev–Trinajstić information content (AvgIpc) is 2.70. The van der Waals surface area contributed by atoms with Gasteiger partial charge in [-0.05, 0) is 42.3 Å². The van der Waals surface area contributed by atoms with Crippen molar-refractivity contribution in [1.29, 1.82) is 0 Å². The minimum absolute atomic E-state index is 0.0895. The van der Waals surface area contributed by atoms with E-state index in [1.54, 1.807) is 49.4 Å². The molecule has 2 N–H and O–H groups in total. The highest BCUT2D eigenvalue weighted by molar-refractivity contribution is 5.84. The monoisotopic (exact) mass is 407 g/mol. The fourth-order valence-electron chi connectivity index (χ4n) is 2.94. The highest BCUT2D eigenvalue weighted by Crippen LogP contribution is 2.18. The molecular weight excluding hydrogens is 386 g/mol. The molecule has 0 unspecified atom stereocenters. The lowest BCUT2D eigenvalue weighted by atomic mass is 10.1. The maximum atomic E-state index is 12.3. The summed E-state index contributed by atoms with van der Waals surface area (Å²) in [4.78, 5) is 34.8. The van der Waals surface area contributed by atoms with E-state index in [-0.39, 0.29) is 25.1 Å². The first kappa shape index (κ1) is 20.8. The van der Waals surface area contributed by atoms with Crippen molar-refractivity contribution in [1.82, 2.24) is 9.78 Å². The van der Waals surface area contributed by atoms with Crippen LogP contribution in [-0.4, -0.2) is 33.6 Å². The molecule has 0 saturated heterocycles. The van der Waals surface area contributed by atoms with E-state index in [0.717, 1.165) is 11.1 Å². The molecule has 0 aliphatic rings. The Morgan fingerprint density at radius 3 is 2.60 bits per heavy atom. The second kappa shape index (κ2) is 9.51.